The number of hydrogen-bond donors (Lipinski definition) is 1. The van der Waals surface area contributed by atoms with Gasteiger partial charge in [0, 0.05) is 35.3 Å². The number of para-hydroxylation sites is 1. The lowest BCUT2D eigenvalue weighted by molar-refractivity contribution is -0.113. The van der Waals surface area contributed by atoms with E-state index in [0.717, 1.165) is 15.8 Å². The molecular formula is C21H20ClN3O4S2. The number of hydrogen-bond acceptors (Lipinski definition) is 6. The van der Waals surface area contributed by atoms with Gasteiger partial charge in [-0.1, -0.05) is 29.8 Å². The summed E-state index contributed by atoms with van der Waals surface area (Å²) in [4.78, 5) is 17.8. The van der Waals surface area contributed by atoms with Crippen LogP contribution in [0.15, 0.2) is 64.5 Å². The Bertz CT molecular complexity index is 1210. The molecule has 0 radical (unpaired) electrons. The van der Waals surface area contributed by atoms with Gasteiger partial charge >= 0.3 is 0 Å². The summed E-state index contributed by atoms with van der Waals surface area (Å²) in [6.07, 6.45) is 1.71. The fraction of sp³-hybridized carbons (Fsp3) is 0.238. The predicted molar refractivity (Wildman–Crippen MR) is 122 cm³/mol. The van der Waals surface area contributed by atoms with Crippen molar-refractivity contribution in [2.75, 3.05) is 37.4 Å². The number of amides is 1. The molecule has 7 nitrogen and oxygen atoms in total. The molecule has 1 aromatic heterocycles. The summed E-state index contributed by atoms with van der Waals surface area (Å²) < 4.78 is 32.5. The third-order valence-corrected chi connectivity index (χ3v) is 8.22. The van der Waals surface area contributed by atoms with Gasteiger partial charge in [-0.25, -0.2) is 8.42 Å². The zero-order valence-electron chi connectivity index (χ0n) is 16.5. The Hall–Kier alpha value is -2.17. The molecule has 0 bridgehead atoms. The summed E-state index contributed by atoms with van der Waals surface area (Å²) in [6.45, 7) is 1.22. The summed E-state index contributed by atoms with van der Waals surface area (Å²) in [5.74, 6) is -0.0785. The van der Waals surface area contributed by atoms with Crippen LogP contribution in [0.1, 0.15) is 0 Å². The Labute approximate surface area is 189 Å². The molecule has 1 aliphatic rings. The number of rotatable bonds is 6. The van der Waals surface area contributed by atoms with E-state index in [-0.39, 0.29) is 34.7 Å². The number of nitrogens with zero attached hydrogens (tertiary/aromatic N) is 2. The summed E-state index contributed by atoms with van der Waals surface area (Å²) in [6, 6.07) is 14.1. The third kappa shape index (κ3) is 5.02. The van der Waals surface area contributed by atoms with Gasteiger partial charge in [-0.2, -0.15) is 4.31 Å². The average molecular weight is 478 g/mol. The van der Waals surface area contributed by atoms with Crippen molar-refractivity contribution in [2.45, 2.75) is 9.79 Å². The molecule has 0 unspecified atom stereocenters. The van der Waals surface area contributed by atoms with E-state index in [1.54, 1.807) is 12.3 Å². The summed E-state index contributed by atoms with van der Waals surface area (Å²) >= 11 is 7.57. The lowest BCUT2D eigenvalue weighted by Gasteiger charge is -2.26. The largest absolute Gasteiger partial charge is 0.379 e. The highest BCUT2D eigenvalue weighted by molar-refractivity contribution is 8.00. The number of ether oxygens (including phenoxy) is 1. The molecule has 162 valence electrons. The minimum absolute atomic E-state index is 0.0263. The maximum atomic E-state index is 12.9. The maximum absolute atomic E-state index is 12.9. The number of pyridine rings is 1. The van der Waals surface area contributed by atoms with Crippen LogP contribution in [0.3, 0.4) is 0 Å². The summed E-state index contributed by atoms with van der Waals surface area (Å²) in [5, 5.41) is 3.85. The van der Waals surface area contributed by atoms with E-state index < -0.39 is 10.0 Å². The molecule has 3 aromatic rings. The molecule has 1 saturated heterocycles. The SMILES string of the molecule is O=C(CSc1ccnc2ccccc12)Nc1ccc(Cl)c(S(=O)(=O)N2CCOCC2)c1. The van der Waals surface area contributed by atoms with Gasteiger partial charge in [-0.3, -0.25) is 9.78 Å². The highest BCUT2D eigenvalue weighted by Gasteiger charge is 2.28. The first-order chi connectivity index (χ1) is 14.9. The van der Waals surface area contributed by atoms with E-state index >= 15 is 0 Å². The topological polar surface area (TPSA) is 88.6 Å². The van der Waals surface area contributed by atoms with Crippen molar-refractivity contribution >= 4 is 55.9 Å². The van der Waals surface area contributed by atoms with Crippen LogP contribution in [-0.4, -0.2) is 55.7 Å². The van der Waals surface area contributed by atoms with Gasteiger partial charge in [-0.15, -0.1) is 11.8 Å². The van der Waals surface area contributed by atoms with E-state index in [4.69, 9.17) is 16.3 Å². The van der Waals surface area contributed by atoms with Crippen LogP contribution in [-0.2, 0) is 19.6 Å². The molecule has 10 heteroatoms. The fourth-order valence-corrected chi connectivity index (χ4v) is 5.99. The Morgan fingerprint density at radius 2 is 1.94 bits per heavy atom. The number of nitrogens with one attached hydrogen (secondary N) is 1. The van der Waals surface area contributed by atoms with Crippen molar-refractivity contribution in [3.63, 3.8) is 0 Å². The second kappa shape index (κ2) is 9.54. The van der Waals surface area contributed by atoms with Crippen LogP contribution < -0.4 is 5.32 Å². The van der Waals surface area contributed by atoms with Crippen LogP contribution in [0.25, 0.3) is 10.9 Å². The molecule has 0 atom stereocenters. The Balaban J connectivity index is 1.47. The van der Waals surface area contributed by atoms with E-state index in [1.807, 2.05) is 30.3 Å². The number of carbonyl (C=O) groups is 1. The molecule has 31 heavy (non-hydrogen) atoms. The van der Waals surface area contributed by atoms with Crippen molar-refractivity contribution in [3.8, 4) is 0 Å². The number of fused-ring (bicyclic) bond motifs is 1. The first-order valence-electron chi connectivity index (χ1n) is 9.59. The van der Waals surface area contributed by atoms with E-state index in [2.05, 4.69) is 10.3 Å². The number of anilines is 1. The average Bonchev–Trinajstić information content (AvgIpc) is 2.79. The van der Waals surface area contributed by atoms with Gasteiger partial charge in [0.1, 0.15) is 4.90 Å². The van der Waals surface area contributed by atoms with E-state index in [1.165, 1.54) is 28.2 Å². The van der Waals surface area contributed by atoms with Crippen LogP contribution in [0.4, 0.5) is 5.69 Å². The van der Waals surface area contributed by atoms with Crippen molar-refractivity contribution in [1.29, 1.82) is 0 Å². The smallest absolute Gasteiger partial charge is 0.244 e. The van der Waals surface area contributed by atoms with Crippen LogP contribution >= 0.6 is 23.4 Å². The first kappa shape index (κ1) is 22.0. The number of aromatic nitrogens is 1. The molecule has 0 saturated carbocycles. The second-order valence-corrected chi connectivity index (χ2v) is 10.2. The zero-order valence-corrected chi connectivity index (χ0v) is 18.8. The third-order valence-electron chi connectivity index (χ3n) is 4.77. The minimum Gasteiger partial charge on any atom is -0.379 e. The highest BCUT2D eigenvalue weighted by atomic mass is 35.5. The maximum Gasteiger partial charge on any atom is 0.244 e. The van der Waals surface area contributed by atoms with Crippen molar-refractivity contribution < 1.29 is 17.9 Å². The Kier molecular flexibility index (Phi) is 6.78. The Morgan fingerprint density at radius 3 is 2.74 bits per heavy atom. The number of halogens is 1. The van der Waals surface area contributed by atoms with Crippen molar-refractivity contribution in [3.05, 3.63) is 59.8 Å². The summed E-state index contributed by atoms with van der Waals surface area (Å²) in [5.41, 5.74) is 1.24. The number of benzene rings is 2. The van der Waals surface area contributed by atoms with E-state index in [9.17, 15) is 13.2 Å². The molecule has 4 rings (SSSR count). The zero-order chi connectivity index (χ0) is 21.8. The van der Waals surface area contributed by atoms with Gasteiger partial charge in [0.15, 0.2) is 0 Å². The van der Waals surface area contributed by atoms with Crippen LogP contribution in [0, 0.1) is 0 Å². The van der Waals surface area contributed by atoms with E-state index in [0.29, 0.717) is 18.9 Å². The normalized spacial score (nSPS) is 15.1. The lowest BCUT2D eigenvalue weighted by atomic mass is 10.2. The van der Waals surface area contributed by atoms with Gasteiger partial charge in [0.25, 0.3) is 0 Å². The van der Waals surface area contributed by atoms with Gasteiger partial charge in [0.2, 0.25) is 15.9 Å². The first-order valence-corrected chi connectivity index (χ1v) is 12.4. The quantitative estimate of drug-likeness (QED) is 0.545. The number of carbonyl (C=O) groups excluding carboxylic acids is 1. The van der Waals surface area contributed by atoms with Gasteiger partial charge < -0.3 is 10.1 Å². The van der Waals surface area contributed by atoms with Crippen LogP contribution in [0.2, 0.25) is 5.02 Å². The van der Waals surface area contributed by atoms with Crippen LogP contribution in [0.5, 0.6) is 0 Å². The van der Waals surface area contributed by atoms with Crippen molar-refractivity contribution in [2.24, 2.45) is 0 Å². The molecule has 1 N–H and O–H groups in total. The predicted octanol–water partition coefficient (Wildman–Crippen LogP) is 3.64. The summed E-state index contributed by atoms with van der Waals surface area (Å²) in [7, 11) is -3.77. The molecule has 1 fully saturated rings. The second-order valence-electron chi connectivity index (χ2n) is 6.82. The monoisotopic (exact) mass is 477 g/mol. The molecular weight excluding hydrogens is 458 g/mol. The highest BCUT2D eigenvalue weighted by Crippen LogP contribution is 2.29. The molecule has 1 amide bonds. The molecule has 2 heterocycles. The number of thioether (sulfide) groups is 1. The molecule has 1 aliphatic heterocycles. The molecule has 2 aromatic carbocycles. The number of sulfonamides is 1. The minimum atomic E-state index is -3.77. The molecule has 0 aliphatic carbocycles. The number of morpholine rings is 1. The fourth-order valence-electron chi connectivity index (χ4n) is 3.24. The standard InChI is InChI=1S/C21H20ClN3O4S2/c22-17-6-5-15(13-20(17)31(27,28)25-9-11-29-12-10-25)24-21(26)14-30-19-7-8-23-18-4-2-1-3-16(18)19/h1-8,13H,9-12,14H2,(H,24,26). The Morgan fingerprint density at radius 1 is 1.16 bits per heavy atom. The van der Waals surface area contributed by atoms with Crippen molar-refractivity contribution in [1.82, 2.24) is 9.29 Å². The van der Waals surface area contributed by atoms with Gasteiger partial charge in [-0.05, 0) is 30.3 Å². The van der Waals surface area contributed by atoms with Gasteiger partial charge in [0.05, 0.1) is 29.5 Å². The lowest BCUT2D eigenvalue weighted by Crippen LogP contribution is -2.40. The molecule has 0 spiro atoms.